The van der Waals surface area contributed by atoms with E-state index in [1.807, 2.05) is 5.32 Å². The van der Waals surface area contributed by atoms with Crippen LogP contribution in [0.25, 0.3) is 0 Å². The summed E-state index contributed by atoms with van der Waals surface area (Å²) in [6, 6.07) is 8.55. The van der Waals surface area contributed by atoms with Crippen molar-refractivity contribution in [3.8, 4) is 0 Å². The summed E-state index contributed by atoms with van der Waals surface area (Å²) >= 11 is 0. The molecule has 1 aromatic carbocycles. The van der Waals surface area contributed by atoms with Crippen LogP contribution in [0.15, 0.2) is 41.6 Å². The van der Waals surface area contributed by atoms with Gasteiger partial charge < -0.3 is 10.2 Å². The third kappa shape index (κ3) is 4.59. The topological polar surface area (TPSA) is 66.5 Å². The first-order valence-electron chi connectivity index (χ1n) is 11.0. The van der Waals surface area contributed by atoms with Crippen LogP contribution in [-0.2, 0) is 20.9 Å². The molecular formula is C24H29F3N2O3. The second kappa shape index (κ2) is 9.46. The average Bonchev–Trinajstić information content (AvgIpc) is 2.95. The molecule has 8 heteroatoms. The number of allylic oxidation sites excluding steroid dienone is 1. The summed E-state index contributed by atoms with van der Waals surface area (Å²) in [6.45, 7) is 2.18. The minimum absolute atomic E-state index is 0.0868. The predicted molar refractivity (Wildman–Crippen MR) is 113 cm³/mol. The lowest BCUT2D eigenvalue weighted by Gasteiger charge is -2.33. The molecule has 0 aromatic heterocycles. The number of nitrogens with zero attached hydrogens (tertiary/aromatic N) is 1. The highest BCUT2D eigenvalue weighted by molar-refractivity contribution is 6.11. The molecule has 174 valence electrons. The molecule has 1 saturated carbocycles. The Labute approximate surface area is 186 Å². The Morgan fingerprint density at radius 2 is 1.75 bits per heavy atom. The fourth-order valence-electron chi connectivity index (χ4n) is 4.88. The summed E-state index contributed by atoms with van der Waals surface area (Å²) in [6.07, 6.45) is 0.358. The fourth-order valence-corrected chi connectivity index (χ4v) is 4.88. The minimum atomic E-state index is -5.17. The number of Topliss-reactive ketones (excluding diaryl/α,β-unsaturated/α-hetero) is 1. The quantitative estimate of drug-likeness (QED) is 0.657. The molecule has 0 bridgehead atoms. The van der Waals surface area contributed by atoms with Crippen molar-refractivity contribution < 1.29 is 27.6 Å². The minimum Gasteiger partial charge on any atom is -0.330 e. The van der Waals surface area contributed by atoms with Crippen molar-refractivity contribution >= 4 is 17.6 Å². The predicted octanol–water partition coefficient (Wildman–Crippen LogP) is 4.67. The van der Waals surface area contributed by atoms with E-state index in [-0.39, 0.29) is 18.7 Å². The van der Waals surface area contributed by atoms with Crippen LogP contribution in [0.4, 0.5) is 13.2 Å². The first-order valence-corrected chi connectivity index (χ1v) is 11.0. The number of rotatable bonds is 7. The van der Waals surface area contributed by atoms with Gasteiger partial charge in [0.25, 0.3) is 5.91 Å². The van der Waals surface area contributed by atoms with E-state index in [0.717, 1.165) is 43.9 Å². The average molecular weight is 451 g/mol. The van der Waals surface area contributed by atoms with Gasteiger partial charge in [0.1, 0.15) is 0 Å². The molecule has 0 saturated heterocycles. The van der Waals surface area contributed by atoms with Crippen LogP contribution in [0, 0.1) is 5.92 Å². The number of alkyl halides is 3. The smallest absolute Gasteiger partial charge is 0.330 e. The van der Waals surface area contributed by atoms with Gasteiger partial charge in [-0.3, -0.25) is 14.4 Å². The number of benzene rings is 1. The van der Waals surface area contributed by atoms with Crippen LogP contribution in [0.2, 0.25) is 0 Å². The van der Waals surface area contributed by atoms with Gasteiger partial charge in [-0.2, -0.15) is 13.2 Å². The third-order valence-electron chi connectivity index (χ3n) is 6.50. The second-order valence-corrected chi connectivity index (χ2v) is 8.73. The Hall–Kier alpha value is -2.64. The van der Waals surface area contributed by atoms with E-state index in [1.54, 1.807) is 30.3 Å². The van der Waals surface area contributed by atoms with Crippen molar-refractivity contribution in [3.05, 3.63) is 47.2 Å². The highest BCUT2D eigenvalue weighted by Crippen LogP contribution is 2.45. The van der Waals surface area contributed by atoms with E-state index in [1.165, 1.54) is 6.92 Å². The molecule has 2 amide bonds. The normalized spacial score (nSPS) is 22.4. The maximum atomic E-state index is 14.5. The number of hydrogen-bond donors (Lipinski definition) is 1. The van der Waals surface area contributed by atoms with Gasteiger partial charge in [-0.15, -0.1) is 0 Å². The largest absolute Gasteiger partial charge is 0.425 e. The molecule has 3 rings (SSSR count). The Kier molecular flexibility index (Phi) is 7.10. The Bertz CT molecular complexity index is 905. The third-order valence-corrected chi connectivity index (χ3v) is 6.50. The number of nitrogens with one attached hydrogen (secondary N) is 1. The SMILES string of the molecule is CC(=O)C1=C(C)N(Cc2ccccc2)C(=O)[C@@]1(NC(=O)CCC1CCCCC1)C(F)(F)F. The molecule has 1 N–H and O–H groups in total. The van der Waals surface area contributed by atoms with Crippen molar-refractivity contribution in [1.82, 2.24) is 10.2 Å². The summed E-state index contributed by atoms with van der Waals surface area (Å²) in [5.41, 5.74) is -3.54. The summed E-state index contributed by atoms with van der Waals surface area (Å²) in [4.78, 5) is 39.2. The molecule has 1 aliphatic heterocycles. The van der Waals surface area contributed by atoms with Gasteiger partial charge in [-0.05, 0) is 31.7 Å². The first-order chi connectivity index (χ1) is 15.1. The molecule has 1 atom stereocenters. The lowest BCUT2D eigenvalue weighted by molar-refractivity contribution is -0.194. The van der Waals surface area contributed by atoms with Crippen LogP contribution < -0.4 is 5.32 Å². The van der Waals surface area contributed by atoms with E-state index >= 15 is 0 Å². The molecule has 0 spiro atoms. The summed E-state index contributed by atoms with van der Waals surface area (Å²) in [5.74, 6) is -2.80. The Morgan fingerprint density at radius 1 is 1.12 bits per heavy atom. The van der Waals surface area contributed by atoms with E-state index in [0.29, 0.717) is 17.9 Å². The van der Waals surface area contributed by atoms with E-state index in [9.17, 15) is 27.6 Å². The van der Waals surface area contributed by atoms with Crippen LogP contribution in [-0.4, -0.2) is 34.2 Å². The van der Waals surface area contributed by atoms with Gasteiger partial charge >= 0.3 is 6.18 Å². The lowest BCUT2D eigenvalue weighted by Crippen LogP contribution is -2.66. The monoisotopic (exact) mass is 450 g/mol. The van der Waals surface area contributed by atoms with Gasteiger partial charge in [-0.1, -0.05) is 62.4 Å². The van der Waals surface area contributed by atoms with Gasteiger partial charge in [-0.25, -0.2) is 0 Å². The molecule has 1 heterocycles. The van der Waals surface area contributed by atoms with Gasteiger partial charge in [0.2, 0.25) is 11.4 Å². The van der Waals surface area contributed by atoms with Gasteiger partial charge in [0, 0.05) is 12.1 Å². The number of halogens is 3. The summed E-state index contributed by atoms with van der Waals surface area (Å²) in [7, 11) is 0. The molecule has 0 radical (unpaired) electrons. The molecule has 1 aliphatic carbocycles. The summed E-state index contributed by atoms with van der Waals surface area (Å²) < 4.78 is 43.4. The van der Waals surface area contributed by atoms with Gasteiger partial charge in [0.05, 0.1) is 12.1 Å². The second-order valence-electron chi connectivity index (χ2n) is 8.73. The molecule has 32 heavy (non-hydrogen) atoms. The molecule has 1 fully saturated rings. The van der Waals surface area contributed by atoms with Crippen LogP contribution in [0.1, 0.15) is 64.4 Å². The van der Waals surface area contributed by atoms with Crippen LogP contribution >= 0.6 is 0 Å². The zero-order chi connectivity index (χ0) is 23.5. The highest BCUT2D eigenvalue weighted by atomic mass is 19.4. The maximum Gasteiger partial charge on any atom is 0.425 e. The summed E-state index contributed by atoms with van der Waals surface area (Å²) in [5, 5.41) is 1.97. The molecule has 0 unspecified atom stereocenters. The maximum absolute atomic E-state index is 14.5. The van der Waals surface area contributed by atoms with E-state index in [4.69, 9.17) is 0 Å². The van der Waals surface area contributed by atoms with Crippen molar-refractivity contribution in [2.75, 3.05) is 0 Å². The molecule has 5 nitrogen and oxygen atoms in total. The Morgan fingerprint density at radius 3 is 2.31 bits per heavy atom. The zero-order valence-electron chi connectivity index (χ0n) is 18.4. The van der Waals surface area contributed by atoms with E-state index in [2.05, 4.69) is 0 Å². The van der Waals surface area contributed by atoms with Crippen LogP contribution in [0.5, 0.6) is 0 Å². The number of carbonyl (C=O) groups is 3. The molecular weight excluding hydrogens is 421 g/mol. The van der Waals surface area contributed by atoms with E-state index < -0.39 is 34.9 Å². The number of hydrogen-bond acceptors (Lipinski definition) is 3. The van der Waals surface area contributed by atoms with Crippen LogP contribution in [0.3, 0.4) is 0 Å². The molecule has 2 aliphatic rings. The number of amides is 2. The van der Waals surface area contributed by atoms with Crippen molar-refractivity contribution in [2.45, 2.75) is 77.1 Å². The van der Waals surface area contributed by atoms with Crippen molar-refractivity contribution in [3.63, 3.8) is 0 Å². The standard InChI is InChI=1S/C24H29F3N2O3/c1-16-21(17(2)30)23(24(25,26)27,22(32)29(16)15-19-11-7-4-8-12-19)28-20(31)14-13-18-9-5-3-6-10-18/h4,7-8,11-12,18H,3,5-6,9-10,13-15H2,1-2H3,(H,28,31)/t23-/m1/s1. The van der Waals surface area contributed by atoms with Gasteiger partial charge in [0.15, 0.2) is 5.78 Å². The fraction of sp³-hybridized carbons (Fsp3) is 0.542. The number of carbonyl (C=O) groups excluding carboxylic acids is 3. The zero-order valence-corrected chi connectivity index (χ0v) is 18.4. The first kappa shape index (κ1) is 24.0. The van der Waals surface area contributed by atoms with Crippen molar-refractivity contribution in [2.24, 2.45) is 5.92 Å². The molecule has 1 aromatic rings. The number of ketones is 1. The highest BCUT2D eigenvalue weighted by Gasteiger charge is 2.69. The Balaban J connectivity index is 1.90. The lowest BCUT2D eigenvalue weighted by atomic mass is 9.85. The van der Waals surface area contributed by atoms with Crippen molar-refractivity contribution in [1.29, 1.82) is 0 Å².